The van der Waals surface area contributed by atoms with E-state index >= 15 is 0 Å². The minimum atomic E-state index is -0.225. The van der Waals surface area contributed by atoms with Gasteiger partial charge >= 0.3 is 0 Å². The van der Waals surface area contributed by atoms with Crippen molar-refractivity contribution in [2.75, 3.05) is 24.3 Å². The molecule has 9 nitrogen and oxygen atoms in total. The Bertz CT molecular complexity index is 1340. The van der Waals surface area contributed by atoms with Crippen LogP contribution in [0.3, 0.4) is 0 Å². The highest BCUT2D eigenvalue weighted by atomic mass is 35.5. The summed E-state index contributed by atoms with van der Waals surface area (Å²) in [7, 11) is 1.59. The van der Waals surface area contributed by atoms with Crippen molar-refractivity contribution in [2.45, 2.75) is 18.9 Å². The number of rotatable bonds is 4. The van der Waals surface area contributed by atoms with Gasteiger partial charge in [0, 0.05) is 18.8 Å². The molecule has 5 rings (SSSR count). The van der Waals surface area contributed by atoms with Gasteiger partial charge < -0.3 is 15.4 Å². The first-order valence-corrected chi connectivity index (χ1v) is 10.2. The van der Waals surface area contributed by atoms with Crippen molar-refractivity contribution in [3.8, 4) is 11.4 Å². The van der Waals surface area contributed by atoms with E-state index < -0.39 is 0 Å². The number of nitrogens with zero attached hydrogens (tertiary/aromatic N) is 6. The highest BCUT2D eigenvalue weighted by Crippen LogP contribution is 2.39. The Hall–Kier alpha value is -3.24. The van der Waals surface area contributed by atoms with E-state index in [2.05, 4.69) is 9.97 Å². The van der Waals surface area contributed by atoms with Crippen LogP contribution in [0.15, 0.2) is 53.7 Å². The molecule has 1 aromatic carbocycles. The number of hydrogen-bond acceptors (Lipinski definition) is 7. The number of nitrogen functional groups attached to an aromatic ring is 1. The topological polar surface area (TPSA) is 104 Å². The van der Waals surface area contributed by atoms with Crippen molar-refractivity contribution in [1.29, 1.82) is 0 Å². The normalized spacial score (nSPS) is 15.7. The lowest BCUT2D eigenvalue weighted by Gasteiger charge is -2.28. The number of fused-ring (bicyclic) bond motifs is 1. The number of methoxy groups -OCH3 is 1. The first-order chi connectivity index (χ1) is 15.1. The van der Waals surface area contributed by atoms with Crippen molar-refractivity contribution in [3.63, 3.8) is 0 Å². The zero-order chi connectivity index (χ0) is 21.5. The van der Waals surface area contributed by atoms with Gasteiger partial charge in [-0.2, -0.15) is 18.6 Å². The number of hydrogen-bond donors (Lipinski definition) is 1. The average Bonchev–Trinajstić information content (AvgIpc) is 3.45. The summed E-state index contributed by atoms with van der Waals surface area (Å²) in [6, 6.07) is 10.7. The molecule has 4 heterocycles. The van der Waals surface area contributed by atoms with Crippen molar-refractivity contribution < 1.29 is 4.74 Å². The standard InChI is InChI=1S/C21H20ClN7O2.H2S/c1-31-14-6-2-5-13(11-14)29-19(26-28-10-4-8-16(28)21(29)30)15-7-3-9-27(15)20-17(22)18(23)24-12-25-20;/h2,4-6,8,10-12,15H,3,7,9H2,1H3,(H2,23,24,25);1H2/t15-;/m0./s1. The second-order valence-corrected chi connectivity index (χ2v) is 7.66. The van der Waals surface area contributed by atoms with E-state index in [1.165, 1.54) is 6.33 Å². The summed E-state index contributed by atoms with van der Waals surface area (Å²) in [6.07, 6.45) is 4.83. The molecule has 0 radical (unpaired) electrons. The second kappa shape index (κ2) is 8.71. The first kappa shape index (κ1) is 22.0. The molecule has 32 heavy (non-hydrogen) atoms. The molecule has 0 unspecified atom stereocenters. The Morgan fingerprint density at radius 1 is 1.22 bits per heavy atom. The number of aromatic nitrogens is 5. The van der Waals surface area contributed by atoms with Gasteiger partial charge in [-0.15, -0.1) is 0 Å². The van der Waals surface area contributed by atoms with Crippen LogP contribution in [0.1, 0.15) is 24.7 Å². The summed E-state index contributed by atoms with van der Waals surface area (Å²) in [4.78, 5) is 23.9. The molecule has 1 fully saturated rings. The molecule has 0 bridgehead atoms. The molecular weight excluding hydrogens is 450 g/mol. The zero-order valence-electron chi connectivity index (χ0n) is 17.3. The van der Waals surface area contributed by atoms with Gasteiger partial charge in [0.25, 0.3) is 5.56 Å². The predicted molar refractivity (Wildman–Crippen MR) is 128 cm³/mol. The highest BCUT2D eigenvalue weighted by molar-refractivity contribution is 7.59. The summed E-state index contributed by atoms with van der Waals surface area (Å²) in [5.41, 5.74) is 6.91. The maximum Gasteiger partial charge on any atom is 0.282 e. The fourth-order valence-corrected chi connectivity index (χ4v) is 4.29. The molecule has 4 aromatic rings. The summed E-state index contributed by atoms with van der Waals surface area (Å²) in [6.45, 7) is 0.707. The van der Waals surface area contributed by atoms with Crippen LogP contribution in [0.25, 0.3) is 11.2 Å². The molecule has 1 aliphatic rings. The van der Waals surface area contributed by atoms with Gasteiger partial charge in [0.2, 0.25) is 0 Å². The Balaban J connectivity index is 0.00000245. The number of ether oxygens (including phenoxy) is 1. The molecule has 0 spiro atoms. The van der Waals surface area contributed by atoms with E-state index in [0.29, 0.717) is 40.2 Å². The second-order valence-electron chi connectivity index (χ2n) is 7.29. The maximum absolute atomic E-state index is 13.5. The van der Waals surface area contributed by atoms with E-state index in [1.807, 2.05) is 29.2 Å². The van der Waals surface area contributed by atoms with Crippen LogP contribution in [0.5, 0.6) is 5.75 Å². The molecule has 0 saturated carbocycles. The first-order valence-electron chi connectivity index (χ1n) is 9.86. The molecule has 1 saturated heterocycles. The molecule has 1 atom stereocenters. The third-order valence-electron chi connectivity index (χ3n) is 5.52. The lowest BCUT2D eigenvalue weighted by Crippen LogP contribution is -2.33. The fraction of sp³-hybridized carbons (Fsp3) is 0.238. The minimum Gasteiger partial charge on any atom is -0.497 e. The molecule has 1 aliphatic heterocycles. The Labute approximate surface area is 195 Å². The van der Waals surface area contributed by atoms with Gasteiger partial charge in [-0.25, -0.2) is 14.5 Å². The Morgan fingerprint density at radius 3 is 2.88 bits per heavy atom. The zero-order valence-corrected chi connectivity index (χ0v) is 19.0. The van der Waals surface area contributed by atoms with Gasteiger partial charge in [-0.05, 0) is 37.1 Å². The molecular formula is C21H22ClN7O2S. The minimum absolute atomic E-state index is 0. The number of nitrogens with two attached hydrogens (primary N) is 1. The van der Waals surface area contributed by atoms with Crippen molar-refractivity contribution in [3.05, 3.63) is 70.1 Å². The quantitative estimate of drug-likeness (QED) is 0.488. The van der Waals surface area contributed by atoms with Gasteiger partial charge in [0.05, 0.1) is 18.8 Å². The van der Waals surface area contributed by atoms with E-state index in [-0.39, 0.29) is 30.9 Å². The van der Waals surface area contributed by atoms with Gasteiger partial charge in [-0.1, -0.05) is 17.7 Å². The SMILES string of the molecule is COc1cccc(-n2c([C@@H]3CCCN3c3ncnc(N)c3Cl)nn3cccc3c2=O)c1.S. The van der Waals surface area contributed by atoms with Crippen molar-refractivity contribution >= 4 is 42.2 Å². The lowest BCUT2D eigenvalue weighted by atomic mass is 10.2. The predicted octanol–water partition coefficient (Wildman–Crippen LogP) is 2.97. The third-order valence-corrected chi connectivity index (χ3v) is 5.88. The van der Waals surface area contributed by atoms with Crippen LogP contribution in [0, 0.1) is 0 Å². The van der Waals surface area contributed by atoms with E-state index in [9.17, 15) is 4.79 Å². The number of anilines is 2. The number of benzene rings is 1. The van der Waals surface area contributed by atoms with Crippen LogP contribution in [0.4, 0.5) is 11.6 Å². The summed E-state index contributed by atoms with van der Waals surface area (Å²) >= 11 is 6.43. The molecule has 166 valence electrons. The molecule has 0 aliphatic carbocycles. The highest BCUT2D eigenvalue weighted by Gasteiger charge is 2.33. The largest absolute Gasteiger partial charge is 0.497 e. The molecule has 3 aromatic heterocycles. The van der Waals surface area contributed by atoms with Gasteiger partial charge in [0.15, 0.2) is 11.6 Å². The number of halogens is 1. The smallest absolute Gasteiger partial charge is 0.282 e. The lowest BCUT2D eigenvalue weighted by molar-refractivity contribution is 0.414. The van der Waals surface area contributed by atoms with E-state index in [0.717, 1.165) is 12.8 Å². The van der Waals surface area contributed by atoms with Gasteiger partial charge in [-0.3, -0.25) is 9.36 Å². The van der Waals surface area contributed by atoms with Crippen LogP contribution >= 0.6 is 25.1 Å². The molecule has 0 amide bonds. The summed E-state index contributed by atoms with van der Waals surface area (Å²) in [5, 5.41) is 5.12. The Kier molecular flexibility index (Phi) is 5.98. The fourth-order valence-electron chi connectivity index (χ4n) is 4.08. The summed E-state index contributed by atoms with van der Waals surface area (Å²) < 4.78 is 8.62. The van der Waals surface area contributed by atoms with Crippen molar-refractivity contribution in [2.24, 2.45) is 0 Å². The maximum atomic E-state index is 13.5. The average molecular weight is 472 g/mol. The molecule has 11 heteroatoms. The van der Waals surface area contributed by atoms with Gasteiger partial charge in [0.1, 0.15) is 28.4 Å². The van der Waals surface area contributed by atoms with E-state index in [4.69, 9.17) is 27.2 Å². The van der Waals surface area contributed by atoms with Crippen LogP contribution in [-0.2, 0) is 0 Å². The van der Waals surface area contributed by atoms with Crippen LogP contribution < -0.4 is 20.9 Å². The monoisotopic (exact) mass is 471 g/mol. The third kappa shape index (κ3) is 3.55. The Morgan fingerprint density at radius 2 is 2.06 bits per heavy atom. The summed E-state index contributed by atoms with van der Waals surface area (Å²) in [5.74, 6) is 2.00. The van der Waals surface area contributed by atoms with Crippen LogP contribution in [-0.4, -0.2) is 37.8 Å². The van der Waals surface area contributed by atoms with Crippen molar-refractivity contribution in [1.82, 2.24) is 24.1 Å². The molecule has 2 N–H and O–H groups in total. The van der Waals surface area contributed by atoms with E-state index in [1.54, 1.807) is 34.5 Å². The van der Waals surface area contributed by atoms with Crippen LogP contribution in [0.2, 0.25) is 5.02 Å².